The second-order valence-corrected chi connectivity index (χ2v) is 8.79. The zero-order valence-electron chi connectivity index (χ0n) is 12.7. The molecule has 2 rings (SSSR count). The maximum absolute atomic E-state index is 5.79. The van der Waals surface area contributed by atoms with Gasteiger partial charge >= 0.3 is 8.88 Å². The van der Waals surface area contributed by atoms with Crippen LogP contribution in [0.1, 0.15) is 58.3 Å². The predicted molar refractivity (Wildman–Crippen MR) is 79.7 cm³/mol. The van der Waals surface area contributed by atoms with Crippen molar-refractivity contribution in [2.24, 2.45) is 5.92 Å². The summed E-state index contributed by atoms with van der Waals surface area (Å²) >= 11 is 0. The summed E-state index contributed by atoms with van der Waals surface area (Å²) in [4.78, 5) is 7.41. The van der Waals surface area contributed by atoms with Crippen LogP contribution in [0.4, 0.5) is 0 Å². The summed E-state index contributed by atoms with van der Waals surface area (Å²) in [5.74, 6) is 0.719. The van der Waals surface area contributed by atoms with Crippen LogP contribution in [0.2, 0.25) is 0 Å². The molecule has 0 radical (unpaired) electrons. The largest absolute Gasteiger partial charge is 0.516 e. The molecule has 4 nitrogen and oxygen atoms in total. The van der Waals surface area contributed by atoms with Crippen molar-refractivity contribution >= 4 is 8.88 Å². The fourth-order valence-electron chi connectivity index (χ4n) is 3.47. The zero-order valence-corrected chi connectivity index (χ0v) is 13.7. The van der Waals surface area contributed by atoms with E-state index in [1.165, 1.54) is 51.4 Å². The van der Waals surface area contributed by atoms with Crippen LogP contribution < -0.4 is 9.96 Å². The van der Waals surface area contributed by atoms with Crippen LogP contribution in [0.3, 0.4) is 0 Å². The van der Waals surface area contributed by atoms with Crippen molar-refractivity contribution in [3.8, 4) is 0 Å². The van der Waals surface area contributed by atoms with Crippen LogP contribution in [-0.2, 0) is 8.85 Å². The minimum absolute atomic E-state index is 0.536. The molecule has 2 saturated carbocycles. The lowest BCUT2D eigenvalue weighted by Crippen LogP contribution is -2.71. The number of hydrogen-bond donors (Lipinski definition) is 2. The van der Waals surface area contributed by atoms with Gasteiger partial charge in [-0.25, -0.2) is 0 Å². The Bertz CT molecular complexity index is 268. The molecule has 0 aliphatic heterocycles. The first-order valence-corrected chi connectivity index (χ1v) is 9.66. The van der Waals surface area contributed by atoms with Gasteiger partial charge in [-0.05, 0) is 31.6 Å². The Hall–Kier alpha value is 0.0569. The molecule has 19 heavy (non-hydrogen) atoms. The van der Waals surface area contributed by atoms with E-state index in [1.807, 2.05) is 0 Å². The van der Waals surface area contributed by atoms with Crippen molar-refractivity contribution in [2.45, 2.75) is 70.4 Å². The van der Waals surface area contributed by atoms with Gasteiger partial charge in [-0.3, -0.25) is 9.96 Å². The molecule has 2 atom stereocenters. The van der Waals surface area contributed by atoms with E-state index in [-0.39, 0.29) is 0 Å². The maximum Gasteiger partial charge on any atom is 0.516 e. The van der Waals surface area contributed by atoms with Gasteiger partial charge in [0, 0.05) is 26.3 Å². The van der Waals surface area contributed by atoms with E-state index in [9.17, 15) is 0 Å². The Morgan fingerprint density at radius 2 is 1.42 bits per heavy atom. The lowest BCUT2D eigenvalue weighted by molar-refractivity contribution is 0.182. The highest BCUT2D eigenvalue weighted by molar-refractivity contribution is 6.62. The molecule has 0 heterocycles. The molecule has 0 saturated heterocycles. The molecule has 0 bridgehead atoms. The van der Waals surface area contributed by atoms with E-state index in [2.05, 4.69) is 16.9 Å². The van der Waals surface area contributed by atoms with Crippen molar-refractivity contribution in [1.29, 1.82) is 0 Å². The minimum Gasteiger partial charge on any atom is -0.374 e. The number of nitrogens with one attached hydrogen (secondary N) is 2. The van der Waals surface area contributed by atoms with Crippen LogP contribution in [0.25, 0.3) is 0 Å². The van der Waals surface area contributed by atoms with E-state index >= 15 is 0 Å². The maximum atomic E-state index is 5.79. The molecule has 0 aromatic rings. The van der Waals surface area contributed by atoms with Crippen LogP contribution in [-0.4, -0.2) is 35.2 Å². The first-order chi connectivity index (χ1) is 9.19. The van der Waals surface area contributed by atoms with Gasteiger partial charge in [-0.2, -0.15) is 0 Å². The van der Waals surface area contributed by atoms with Gasteiger partial charge in [0.05, 0.1) is 0 Å². The average Bonchev–Trinajstić information content (AvgIpc) is 2.93. The van der Waals surface area contributed by atoms with E-state index in [0.29, 0.717) is 12.1 Å². The van der Waals surface area contributed by atoms with Gasteiger partial charge in [0.1, 0.15) is 0 Å². The third-order valence-electron chi connectivity index (χ3n) is 4.81. The summed E-state index contributed by atoms with van der Waals surface area (Å²) in [6.07, 6.45) is 10.4. The Labute approximate surface area is 119 Å². The van der Waals surface area contributed by atoms with Crippen molar-refractivity contribution in [2.75, 3.05) is 14.2 Å². The first kappa shape index (κ1) is 15.4. The van der Waals surface area contributed by atoms with Crippen LogP contribution >= 0.6 is 0 Å². The molecule has 2 N–H and O–H groups in total. The van der Waals surface area contributed by atoms with Gasteiger partial charge < -0.3 is 8.85 Å². The highest BCUT2D eigenvalue weighted by atomic mass is 28.4. The summed E-state index contributed by atoms with van der Waals surface area (Å²) in [6.45, 7) is 2.34. The second kappa shape index (κ2) is 7.18. The van der Waals surface area contributed by atoms with Gasteiger partial charge in [0.2, 0.25) is 0 Å². The SMILES string of the molecule is CO[Si](NC1CCCC1)(NC1CCCCC1C)OC. The lowest BCUT2D eigenvalue weighted by atomic mass is 9.87. The minimum atomic E-state index is -2.44. The Morgan fingerprint density at radius 3 is 2.00 bits per heavy atom. The van der Waals surface area contributed by atoms with E-state index in [4.69, 9.17) is 8.85 Å². The standard InChI is InChI=1S/C14H30N2O2Si/c1-12-8-4-7-11-14(12)16-19(17-2,18-3)15-13-9-5-6-10-13/h12-16H,4-11H2,1-3H3. The van der Waals surface area contributed by atoms with E-state index in [1.54, 1.807) is 14.2 Å². The van der Waals surface area contributed by atoms with Gasteiger partial charge in [0.25, 0.3) is 0 Å². The zero-order chi connectivity index (χ0) is 13.7. The highest BCUT2D eigenvalue weighted by Crippen LogP contribution is 2.25. The molecule has 2 aliphatic carbocycles. The monoisotopic (exact) mass is 286 g/mol. The van der Waals surface area contributed by atoms with Gasteiger partial charge in [-0.1, -0.05) is 32.6 Å². The Balaban J connectivity index is 1.96. The smallest absolute Gasteiger partial charge is 0.374 e. The molecule has 0 amide bonds. The van der Waals surface area contributed by atoms with Crippen molar-refractivity contribution in [1.82, 2.24) is 9.96 Å². The van der Waals surface area contributed by atoms with Crippen molar-refractivity contribution in [3.63, 3.8) is 0 Å². The Morgan fingerprint density at radius 1 is 0.842 bits per heavy atom. The fraction of sp³-hybridized carbons (Fsp3) is 1.00. The number of hydrogen-bond acceptors (Lipinski definition) is 4. The fourth-order valence-corrected chi connectivity index (χ4v) is 5.94. The van der Waals surface area contributed by atoms with E-state index in [0.717, 1.165) is 5.92 Å². The first-order valence-electron chi connectivity index (χ1n) is 7.85. The molecular formula is C14H30N2O2Si. The molecule has 2 unspecified atom stereocenters. The van der Waals surface area contributed by atoms with Crippen molar-refractivity contribution in [3.05, 3.63) is 0 Å². The van der Waals surface area contributed by atoms with Crippen molar-refractivity contribution < 1.29 is 8.85 Å². The molecule has 0 aromatic carbocycles. The molecule has 0 aromatic heterocycles. The molecule has 0 spiro atoms. The molecular weight excluding hydrogens is 256 g/mol. The van der Waals surface area contributed by atoms with Crippen LogP contribution in [0.15, 0.2) is 0 Å². The predicted octanol–water partition coefficient (Wildman–Crippen LogP) is 2.42. The summed E-state index contributed by atoms with van der Waals surface area (Å²) in [7, 11) is 1.11. The quantitative estimate of drug-likeness (QED) is 0.736. The summed E-state index contributed by atoms with van der Waals surface area (Å²) < 4.78 is 11.6. The molecule has 5 heteroatoms. The lowest BCUT2D eigenvalue weighted by Gasteiger charge is -2.38. The second-order valence-electron chi connectivity index (χ2n) is 6.16. The summed E-state index contributed by atoms with van der Waals surface area (Å²) in [5, 5.41) is 0. The van der Waals surface area contributed by atoms with Crippen LogP contribution in [0, 0.1) is 5.92 Å². The van der Waals surface area contributed by atoms with Gasteiger partial charge in [0.15, 0.2) is 0 Å². The van der Waals surface area contributed by atoms with E-state index < -0.39 is 8.88 Å². The molecule has 2 aliphatic rings. The number of rotatable bonds is 6. The normalized spacial score (nSPS) is 29.8. The third-order valence-corrected chi connectivity index (χ3v) is 7.50. The van der Waals surface area contributed by atoms with Gasteiger partial charge in [-0.15, -0.1) is 0 Å². The average molecular weight is 286 g/mol. The highest BCUT2D eigenvalue weighted by Gasteiger charge is 2.43. The molecule has 2 fully saturated rings. The Kier molecular flexibility index (Phi) is 5.83. The molecule has 112 valence electrons. The summed E-state index contributed by atoms with van der Waals surface area (Å²) in [5.41, 5.74) is 0. The summed E-state index contributed by atoms with van der Waals surface area (Å²) in [6, 6.07) is 1.10. The topological polar surface area (TPSA) is 42.5 Å². The third kappa shape index (κ3) is 4.01. The van der Waals surface area contributed by atoms with Crippen LogP contribution in [0.5, 0.6) is 0 Å².